The third-order valence-corrected chi connectivity index (χ3v) is 5.03. The molecule has 4 rings (SSSR count). The molecule has 7 heteroatoms. The first kappa shape index (κ1) is 20.5. The molecule has 0 saturated heterocycles. The Bertz CT molecular complexity index is 1200. The van der Waals surface area contributed by atoms with E-state index in [0.717, 1.165) is 58.6 Å². The van der Waals surface area contributed by atoms with Crippen molar-refractivity contribution in [3.8, 4) is 0 Å². The molecule has 0 atom stereocenters. The number of rotatable bonds is 8. The Hall–Kier alpha value is -3.74. The number of anilines is 1. The van der Waals surface area contributed by atoms with E-state index >= 15 is 0 Å². The van der Waals surface area contributed by atoms with E-state index in [0.29, 0.717) is 5.82 Å². The van der Waals surface area contributed by atoms with E-state index in [1.54, 1.807) is 6.07 Å². The molecule has 1 aromatic carbocycles. The number of pyridine rings is 1. The fourth-order valence-corrected chi connectivity index (χ4v) is 3.57. The third kappa shape index (κ3) is 4.88. The molecule has 0 spiro atoms. The minimum Gasteiger partial charge on any atom is -0.619 e. The lowest BCUT2D eigenvalue weighted by Crippen LogP contribution is -2.24. The predicted octanol–water partition coefficient (Wildman–Crippen LogP) is 3.77. The summed E-state index contributed by atoms with van der Waals surface area (Å²) in [5, 5.41) is 19.7. The van der Waals surface area contributed by atoms with Gasteiger partial charge >= 0.3 is 0 Å². The maximum Gasteiger partial charge on any atom is 0.187 e. The maximum atomic E-state index is 11.5. The summed E-state index contributed by atoms with van der Waals surface area (Å²) in [5.41, 5.74) is 4.81. The largest absolute Gasteiger partial charge is 0.619 e. The van der Waals surface area contributed by atoms with Gasteiger partial charge in [0.25, 0.3) is 0 Å². The molecule has 0 amide bonds. The molecule has 4 aromatic rings. The summed E-state index contributed by atoms with van der Waals surface area (Å²) in [5.74, 6) is 1.35. The van der Waals surface area contributed by atoms with Gasteiger partial charge in [0.05, 0.1) is 5.69 Å². The van der Waals surface area contributed by atoms with Gasteiger partial charge in [-0.2, -0.15) is 9.83 Å². The Kier molecular flexibility index (Phi) is 6.21. The highest BCUT2D eigenvalue weighted by molar-refractivity contribution is 5.88. The Balaban J connectivity index is 1.66. The van der Waals surface area contributed by atoms with Crippen LogP contribution in [0, 0.1) is 5.21 Å². The zero-order valence-electron chi connectivity index (χ0n) is 17.8. The quantitative estimate of drug-likeness (QED) is 0.350. The smallest absolute Gasteiger partial charge is 0.187 e. The van der Waals surface area contributed by atoms with Crippen LogP contribution in [0.4, 0.5) is 5.82 Å². The van der Waals surface area contributed by atoms with Crippen molar-refractivity contribution < 1.29 is 4.73 Å². The monoisotopic (exact) mass is 414 g/mol. The Morgan fingerprint density at radius 3 is 2.68 bits per heavy atom. The summed E-state index contributed by atoms with van der Waals surface area (Å²) in [6, 6.07) is 14.0. The summed E-state index contributed by atoms with van der Waals surface area (Å²) < 4.78 is 2.64. The Morgan fingerprint density at radius 1 is 1.06 bits per heavy atom. The van der Waals surface area contributed by atoms with Crippen molar-refractivity contribution in [2.45, 2.75) is 26.2 Å². The van der Waals surface area contributed by atoms with Gasteiger partial charge in [-0.3, -0.25) is 4.68 Å². The lowest BCUT2D eigenvalue weighted by atomic mass is 10.1. The van der Waals surface area contributed by atoms with Crippen LogP contribution in [-0.4, -0.2) is 26.3 Å². The van der Waals surface area contributed by atoms with Crippen LogP contribution in [0.2, 0.25) is 0 Å². The molecule has 0 radical (unpaired) electrons. The van der Waals surface area contributed by atoms with Crippen molar-refractivity contribution in [1.29, 1.82) is 0 Å². The van der Waals surface area contributed by atoms with Crippen LogP contribution in [0.15, 0.2) is 54.9 Å². The number of fused-ring (bicyclic) bond motifs is 1. The van der Waals surface area contributed by atoms with Crippen LogP contribution in [-0.2, 0) is 19.9 Å². The zero-order chi connectivity index (χ0) is 21.6. The minimum atomic E-state index is 0.585. The molecule has 3 aromatic heterocycles. The summed E-state index contributed by atoms with van der Waals surface area (Å²) in [6.45, 7) is 2.89. The van der Waals surface area contributed by atoms with Crippen molar-refractivity contribution in [2.24, 2.45) is 7.05 Å². The lowest BCUT2D eigenvalue weighted by Gasteiger charge is -2.09. The summed E-state index contributed by atoms with van der Waals surface area (Å²) in [6.07, 6.45) is 9.40. The van der Waals surface area contributed by atoms with Crippen LogP contribution in [0.5, 0.6) is 0 Å². The van der Waals surface area contributed by atoms with Crippen LogP contribution < -0.4 is 10.0 Å². The van der Waals surface area contributed by atoms with E-state index in [-0.39, 0.29) is 0 Å². The Labute approximate surface area is 181 Å². The molecule has 1 N–H and O–H groups in total. The topological polar surface area (TPSA) is 82.6 Å². The number of hydrogen-bond acceptors (Lipinski definition) is 5. The van der Waals surface area contributed by atoms with Gasteiger partial charge in [0.15, 0.2) is 24.0 Å². The molecule has 7 nitrogen and oxygen atoms in total. The zero-order valence-corrected chi connectivity index (χ0v) is 17.8. The molecule has 3 heterocycles. The highest BCUT2D eigenvalue weighted by Crippen LogP contribution is 2.24. The molecule has 0 fully saturated rings. The van der Waals surface area contributed by atoms with E-state index in [4.69, 9.17) is 9.97 Å². The molecule has 31 heavy (non-hydrogen) atoms. The second-order valence-corrected chi connectivity index (χ2v) is 7.44. The van der Waals surface area contributed by atoms with Crippen molar-refractivity contribution in [2.75, 3.05) is 11.9 Å². The molecule has 0 aliphatic carbocycles. The van der Waals surface area contributed by atoms with Gasteiger partial charge < -0.3 is 10.5 Å². The maximum absolute atomic E-state index is 11.5. The number of benzene rings is 1. The first-order chi connectivity index (χ1) is 15.1. The summed E-state index contributed by atoms with van der Waals surface area (Å²) >= 11 is 0. The number of aryl methyl sites for hydroxylation is 2. The number of nitrogens with one attached hydrogen (secondary N) is 1. The lowest BCUT2D eigenvalue weighted by molar-refractivity contribution is -0.605. The second kappa shape index (κ2) is 9.38. The van der Waals surface area contributed by atoms with Crippen molar-refractivity contribution in [3.05, 3.63) is 82.7 Å². The van der Waals surface area contributed by atoms with Gasteiger partial charge in [-0.05, 0) is 36.6 Å². The van der Waals surface area contributed by atoms with Crippen LogP contribution >= 0.6 is 0 Å². The van der Waals surface area contributed by atoms with E-state index in [2.05, 4.69) is 41.6 Å². The number of hydrogen-bond donors (Lipinski definition) is 1. The highest BCUT2D eigenvalue weighted by Gasteiger charge is 2.16. The van der Waals surface area contributed by atoms with Gasteiger partial charge in [-0.15, -0.1) is 0 Å². The molecular formula is C24H26N6O. The van der Waals surface area contributed by atoms with Crippen LogP contribution in [0.25, 0.3) is 23.2 Å². The average molecular weight is 415 g/mol. The standard InChI is InChI=1S/C24H26N6O/c1-3-8-20-22-23(29(2)28-20)24(25-15-14-18-9-5-4-6-10-18)27-21(26-22)13-12-19-11-7-16-30(31)17-19/h4-7,9-13,16-17H,3,8,14-15H2,1-2H3,(H,25,26,27)/b13-12+. The van der Waals surface area contributed by atoms with E-state index < -0.39 is 0 Å². The molecule has 0 aliphatic heterocycles. The molecule has 0 unspecified atom stereocenters. The summed E-state index contributed by atoms with van der Waals surface area (Å²) in [4.78, 5) is 9.52. The first-order valence-corrected chi connectivity index (χ1v) is 10.5. The van der Waals surface area contributed by atoms with Crippen LogP contribution in [0.3, 0.4) is 0 Å². The normalized spacial score (nSPS) is 11.4. The number of aromatic nitrogens is 5. The Morgan fingerprint density at radius 2 is 1.90 bits per heavy atom. The van der Waals surface area contributed by atoms with E-state index in [1.807, 2.05) is 36.0 Å². The van der Waals surface area contributed by atoms with Gasteiger partial charge in [-0.25, -0.2) is 9.97 Å². The molecule has 0 saturated carbocycles. The van der Waals surface area contributed by atoms with Gasteiger partial charge in [0, 0.05) is 25.2 Å². The average Bonchev–Trinajstić information content (AvgIpc) is 3.09. The molecule has 0 bridgehead atoms. The molecule has 158 valence electrons. The van der Waals surface area contributed by atoms with Gasteiger partial charge in [-0.1, -0.05) is 43.7 Å². The van der Waals surface area contributed by atoms with Gasteiger partial charge in [0.1, 0.15) is 11.0 Å². The molecule has 0 aliphatic rings. The minimum absolute atomic E-state index is 0.585. The van der Waals surface area contributed by atoms with Crippen molar-refractivity contribution in [1.82, 2.24) is 19.7 Å². The van der Waals surface area contributed by atoms with E-state index in [1.165, 1.54) is 18.0 Å². The highest BCUT2D eigenvalue weighted by atomic mass is 16.5. The summed E-state index contributed by atoms with van der Waals surface area (Å²) in [7, 11) is 1.93. The van der Waals surface area contributed by atoms with Crippen molar-refractivity contribution in [3.63, 3.8) is 0 Å². The van der Waals surface area contributed by atoms with Crippen LogP contribution in [0.1, 0.15) is 36.0 Å². The first-order valence-electron chi connectivity index (χ1n) is 10.5. The SMILES string of the molecule is CCCc1nn(C)c2c(NCCc3ccccc3)nc(/C=C/c3ccc[n+]([O-])c3)nc12. The predicted molar refractivity (Wildman–Crippen MR) is 123 cm³/mol. The van der Waals surface area contributed by atoms with Crippen molar-refractivity contribution >= 4 is 29.0 Å². The van der Waals surface area contributed by atoms with Gasteiger partial charge in [0.2, 0.25) is 0 Å². The second-order valence-electron chi connectivity index (χ2n) is 7.44. The third-order valence-electron chi connectivity index (χ3n) is 5.03. The molecular weight excluding hydrogens is 388 g/mol. The number of nitrogens with zero attached hydrogens (tertiary/aromatic N) is 5. The fraction of sp³-hybridized carbons (Fsp3) is 0.250. The van der Waals surface area contributed by atoms with E-state index in [9.17, 15) is 5.21 Å². The fourth-order valence-electron chi connectivity index (χ4n) is 3.57.